The molecule has 1 saturated heterocycles. The van der Waals surface area contributed by atoms with Crippen LogP contribution in [0.2, 0.25) is 0 Å². The summed E-state index contributed by atoms with van der Waals surface area (Å²) in [5.74, 6) is 0.201. The first-order valence-electron chi connectivity index (χ1n) is 10.0. The highest BCUT2D eigenvalue weighted by atomic mass is 16.5. The van der Waals surface area contributed by atoms with Crippen molar-refractivity contribution in [3.63, 3.8) is 0 Å². The van der Waals surface area contributed by atoms with Crippen LogP contribution in [0.15, 0.2) is 48.5 Å². The number of rotatable bonds is 8. The van der Waals surface area contributed by atoms with Gasteiger partial charge < -0.3 is 25.4 Å². The van der Waals surface area contributed by atoms with Crippen LogP contribution in [0.4, 0.5) is 16.2 Å². The predicted molar refractivity (Wildman–Crippen MR) is 116 cm³/mol. The van der Waals surface area contributed by atoms with Gasteiger partial charge in [-0.05, 0) is 37.2 Å². The highest BCUT2D eigenvalue weighted by Crippen LogP contribution is 2.23. The summed E-state index contributed by atoms with van der Waals surface area (Å²) in [5.41, 5.74) is 1.65. The smallest absolute Gasteiger partial charge is 0.323 e. The Labute approximate surface area is 176 Å². The van der Waals surface area contributed by atoms with Gasteiger partial charge in [0.05, 0.1) is 25.9 Å². The van der Waals surface area contributed by atoms with Crippen LogP contribution >= 0.6 is 0 Å². The molecule has 0 atom stereocenters. The van der Waals surface area contributed by atoms with Gasteiger partial charge in [-0.15, -0.1) is 0 Å². The molecule has 0 saturated carbocycles. The van der Waals surface area contributed by atoms with Crippen LogP contribution < -0.4 is 20.7 Å². The Kier molecular flexibility index (Phi) is 8.05. The lowest BCUT2D eigenvalue weighted by Crippen LogP contribution is -2.38. The molecular weight excluding hydrogens is 384 g/mol. The van der Waals surface area contributed by atoms with Gasteiger partial charge in [-0.1, -0.05) is 18.2 Å². The van der Waals surface area contributed by atoms with E-state index in [1.54, 1.807) is 30.3 Å². The molecule has 2 aromatic rings. The van der Waals surface area contributed by atoms with E-state index in [0.717, 1.165) is 39.3 Å². The van der Waals surface area contributed by atoms with Gasteiger partial charge in [0.25, 0.3) is 5.91 Å². The summed E-state index contributed by atoms with van der Waals surface area (Å²) in [6.45, 7) is 4.93. The second-order valence-electron chi connectivity index (χ2n) is 6.92. The molecule has 1 fully saturated rings. The van der Waals surface area contributed by atoms with Crippen molar-refractivity contribution in [2.45, 2.75) is 6.42 Å². The number of carbonyl (C=O) groups is 2. The fourth-order valence-corrected chi connectivity index (χ4v) is 3.20. The number of hydrogen-bond acceptors (Lipinski definition) is 5. The van der Waals surface area contributed by atoms with E-state index in [0.29, 0.717) is 29.2 Å². The van der Waals surface area contributed by atoms with Gasteiger partial charge in [0, 0.05) is 37.1 Å². The lowest BCUT2D eigenvalue weighted by atomic mass is 10.1. The Morgan fingerprint density at radius 2 is 1.77 bits per heavy atom. The van der Waals surface area contributed by atoms with Gasteiger partial charge in [-0.2, -0.15) is 0 Å². The maximum Gasteiger partial charge on any atom is 0.323 e. The average molecular weight is 412 g/mol. The monoisotopic (exact) mass is 412 g/mol. The van der Waals surface area contributed by atoms with E-state index in [9.17, 15) is 9.59 Å². The fraction of sp³-hybridized carbons (Fsp3) is 0.364. The molecule has 8 heteroatoms. The molecular formula is C22H28N4O4. The molecule has 160 valence electrons. The summed E-state index contributed by atoms with van der Waals surface area (Å²) >= 11 is 0. The molecule has 0 radical (unpaired) electrons. The van der Waals surface area contributed by atoms with E-state index in [1.807, 2.05) is 18.2 Å². The lowest BCUT2D eigenvalue weighted by molar-refractivity contribution is 0.0374. The Morgan fingerprint density at radius 1 is 1.03 bits per heavy atom. The zero-order valence-corrected chi connectivity index (χ0v) is 17.1. The molecule has 3 amide bonds. The number of methoxy groups -OCH3 is 1. The van der Waals surface area contributed by atoms with Crippen molar-refractivity contribution in [3.8, 4) is 5.75 Å². The number of para-hydroxylation sites is 1. The van der Waals surface area contributed by atoms with Gasteiger partial charge in [0.2, 0.25) is 0 Å². The first kappa shape index (κ1) is 21.6. The molecule has 1 aliphatic heterocycles. The molecule has 0 aromatic heterocycles. The number of nitrogens with one attached hydrogen (secondary N) is 3. The van der Waals surface area contributed by atoms with Gasteiger partial charge >= 0.3 is 6.03 Å². The van der Waals surface area contributed by atoms with Crippen molar-refractivity contribution >= 4 is 23.3 Å². The van der Waals surface area contributed by atoms with Crippen molar-refractivity contribution < 1.29 is 19.1 Å². The highest BCUT2D eigenvalue weighted by Gasteiger charge is 2.14. The number of morpholine rings is 1. The molecule has 2 aromatic carbocycles. The molecule has 3 N–H and O–H groups in total. The zero-order valence-electron chi connectivity index (χ0n) is 17.1. The number of benzene rings is 2. The SMILES string of the molecule is COc1cc(NC(=O)Nc2ccccc2)ccc1C(=O)NCCCN1CCOCC1. The van der Waals surface area contributed by atoms with E-state index in [2.05, 4.69) is 20.9 Å². The minimum absolute atomic E-state index is 0.200. The van der Waals surface area contributed by atoms with Gasteiger partial charge in [0.1, 0.15) is 5.75 Å². The average Bonchev–Trinajstić information content (AvgIpc) is 2.77. The summed E-state index contributed by atoms with van der Waals surface area (Å²) in [4.78, 5) is 27.0. The number of carbonyl (C=O) groups excluding carboxylic acids is 2. The normalized spacial score (nSPS) is 14.0. The quantitative estimate of drug-likeness (QED) is 0.580. The van der Waals surface area contributed by atoms with Crippen molar-refractivity contribution in [3.05, 3.63) is 54.1 Å². The standard InChI is InChI=1S/C22H28N4O4/c1-29-20-16-18(25-22(28)24-17-6-3-2-4-7-17)8-9-19(20)21(27)23-10-5-11-26-12-14-30-15-13-26/h2-4,6-9,16H,5,10-15H2,1H3,(H,23,27)(H2,24,25,28). The second kappa shape index (κ2) is 11.2. The third-order valence-electron chi connectivity index (χ3n) is 4.78. The van der Waals surface area contributed by atoms with E-state index >= 15 is 0 Å². The molecule has 0 spiro atoms. The first-order chi connectivity index (χ1) is 14.7. The largest absolute Gasteiger partial charge is 0.496 e. The topological polar surface area (TPSA) is 91.9 Å². The molecule has 30 heavy (non-hydrogen) atoms. The van der Waals surface area contributed by atoms with Crippen LogP contribution in [0.3, 0.4) is 0 Å². The van der Waals surface area contributed by atoms with Crippen LogP contribution in [0.25, 0.3) is 0 Å². The van der Waals surface area contributed by atoms with Gasteiger partial charge in [0.15, 0.2) is 0 Å². The molecule has 1 heterocycles. The van der Waals surface area contributed by atoms with Crippen LogP contribution in [0.1, 0.15) is 16.8 Å². The summed E-state index contributed by atoms with van der Waals surface area (Å²) < 4.78 is 10.7. The van der Waals surface area contributed by atoms with Crippen LogP contribution in [-0.2, 0) is 4.74 Å². The number of nitrogens with zero attached hydrogens (tertiary/aromatic N) is 1. The number of amides is 3. The lowest BCUT2D eigenvalue weighted by Gasteiger charge is -2.26. The van der Waals surface area contributed by atoms with Crippen molar-refractivity contribution in [2.24, 2.45) is 0 Å². The Hall–Kier alpha value is -3.10. The summed E-state index contributed by atoms with van der Waals surface area (Å²) in [5, 5.41) is 8.42. The minimum Gasteiger partial charge on any atom is -0.496 e. The zero-order chi connectivity index (χ0) is 21.2. The molecule has 8 nitrogen and oxygen atoms in total. The number of ether oxygens (including phenoxy) is 2. The van der Waals surface area contributed by atoms with Crippen molar-refractivity contribution in [2.75, 3.05) is 57.1 Å². The van der Waals surface area contributed by atoms with Gasteiger partial charge in [-0.25, -0.2) is 4.79 Å². The Bertz CT molecular complexity index is 838. The maximum atomic E-state index is 12.5. The van der Waals surface area contributed by atoms with E-state index in [1.165, 1.54) is 7.11 Å². The fourth-order valence-electron chi connectivity index (χ4n) is 3.20. The maximum absolute atomic E-state index is 12.5. The van der Waals surface area contributed by atoms with E-state index in [-0.39, 0.29) is 11.9 Å². The summed E-state index contributed by atoms with van der Waals surface area (Å²) in [6, 6.07) is 13.7. The van der Waals surface area contributed by atoms with Crippen LogP contribution in [-0.4, -0.2) is 63.3 Å². The molecule has 3 rings (SSSR count). The Morgan fingerprint density at radius 3 is 2.50 bits per heavy atom. The van der Waals surface area contributed by atoms with E-state index in [4.69, 9.17) is 9.47 Å². The third kappa shape index (κ3) is 6.47. The predicted octanol–water partition coefficient (Wildman–Crippen LogP) is 2.79. The number of urea groups is 1. The summed E-state index contributed by atoms with van der Waals surface area (Å²) in [6.07, 6.45) is 0.868. The van der Waals surface area contributed by atoms with Crippen molar-refractivity contribution in [1.82, 2.24) is 10.2 Å². The molecule has 0 aliphatic carbocycles. The number of anilines is 2. The second-order valence-corrected chi connectivity index (χ2v) is 6.92. The Balaban J connectivity index is 1.50. The van der Waals surface area contributed by atoms with Crippen molar-refractivity contribution in [1.29, 1.82) is 0 Å². The highest BCUT2D eigenvalue weighted by molar-refractivity contribution is 6.01. The van der Waals surface area contributed by atoms with Crippen LogP contribution in [0.5, 0.6) is 5.75 Å². The molecule has 1 aliphatic rings. The molecule has 0 unspecified atom stereocenters. The summed E-state index contributed by atoms with van der Waals surface area (Å²) in [7, 11) is 1.50. The molecule has 0 bridgehead atoms. The number of hydrogen-bond donors (Lipinski definition) is 3. The minimum atomic E-state index is -0.372. The third-order valence-corrected chi connectivity index (χ3v) is 4.78. The van der Waals surface area contributed by atoms with Crippen LogP contribution in [0, 0.1) is 0 Å². The van der Waals surface area contributed by atoms with E-state index < -0.39 is 0 Å². The first-order valence-corrected chi connectivity index (χ1v) is 10.0. The van der Waals surface area contributed by atoms with Gasteiger partial charge in [-0.3, -0.25) is 9.69 Å².